The number of amides is 2. The molecule has 0 aliphatic heterocycles. The fourth-order valence-corrected chi connectivity index (χ4v) is 5.53. The Balaban J connectivity index is 1.12. The van der Waals surface area contributed by atoms with Crippen LogP contribution in [0.1, 0.15) is 39.0 Å². The summed E-state index contributed by atoms with van der Waals surface area (Å²) < 4.78 is 18.9. The topological polar surface area (TPSA) is 128 Å². The Kier molecular flexibility index (Phi) is 10.3. The molecule has 0 saturated carbocycles. The number of rotatable bonds is 13. The van der Waals surface area contributed by atoms with Crippen LogP contribution in [0.15, 0.2) is 119 Å². The predicted octanol–water partition coefficient (Wildman–Crippen LogP) is 6.57. The standard InChI is InChI=1S/C39H37N5O6/c1-4-49-36-21-31(32(22-35(36)48-3)42-39(47)37-23-33(45)30-7-5-6-8-34(30)50-37)38(46)41-28-13-9-26(10-14-28)17-19-43(2)24-27-11-15-29(16-12-27)44-20-18-40-25-44/h5-16,18,20-23,25H,4,17,19,24H2,1-3H3,(H,41,46)(H,42,47). The molecule has 254 valence electrons. The van der Waals surface area contributed by atoms with Crippen LogP contribution in [0.4, 0.5) is 11.4 Å². The van der Waals surface area contributed by atoms with Crippen molar-refractivity contribution >= 4 is 34.2 Å². The zero-order valence-corrected chi connectivity index (χ0v) is 28.0. The number of carbonyl (C=O) groups excluding carboxylic acids is 2. The Morgan fingerprint density at radius 3 is 2.38 bits per heavy atom. The van der Waals surface area contributed by atoms with Crippen molar-refractivity contribution in [1.82, 2.24) is 14.5 Å². The summed E-state index contributed by atoms with van der Waals surface area (Å²) in [7, 11) is 3.55. The minimum atomic E-state index is -0.700. The van der Waals surface area contributed by atoms with Gasteiger partial charge in [0.25, 0.3) is 11.8 Å². The van der Waals surface area contributed by atoms with Gasteiger partial charge >= 0.3 is 0 Å². The summed E-state index contributed by atoms with van der Waals surface area (Å²) in [5.74, 6) is -0.717. The molecule has 11 nitrogen and oxygen atoms in total. The minimum Gasteiger partial charge on any atom is -0.493 e. The molecular weight excluding hydrogens is 634 g/mol. The highest BCUT2D eigenvalue weighted by atomic mass is 16.5. The number of para-hydroxylation sites is 1. The van der Waals surface area contributed by atoms with Crippen LogP contribution in [-0.4, -0.2) is 53.6 Å². The number of methoxy groups -OCH3 is 1. The molecule has 0 aliphatic carbocycles. The molecule has 2 N–H and O–H groups in total. The molecule has 0 fully saturated rings. The van der Waals surface area contributed by atoms with E-state index in [1.807, 2.05) is 42.0 Å². The number of nitrogens with zero attached hydrogens (tertiary/aromatic N) is 3. The molecule has 0 spiro atoms. The average molecular weight is 672 g/mol. The quantitative estimate of drug-likeness (QED) is 0.141. The van der Waals surface area contributed by atoms with Crippen LogP contribution in [-0.2, 0) is 13.0 Å². The fourth-order valence-electron chi connectivity index (χ4n) is 5.53. The number of carbonyl (C=O) groups is 2. The monoisotopic (exact) mass is 671 g/mol. The van der Waals surface area contributed by atoms with Crippen molar-refractivity contribution in [2.45, 2.75) is 19.9 Å². The molecule has 2 amide bonds. The molecular formula is C39H37N5O6. The highest BCUT2D eigenvalue weighted by Crippen LogP contribution is 2.34. The summed E-state index contributed by atoms with van der Waals surface area (Å²) >= 11 is 0. The largest absolute Gasteiger partial charge is 0.493 e. The van der Waals surface area contributed by atoms with E-state index in [2.05, 4.69) is 51.8 Å². The molecule has 2 aromatic heterocycles. The number of hydrogen-bond donors (Lipinski definition) is 2. The Morgan fingerprint density at radius 1 is 0.900 bits per heavy atom. The highest BCUT2D eigenvalue weighted by Gasteiger charge is 2.21. The van der Waals surface area contributed by atoms with Gasteiger partial charge in [-0.15, -0.1) is 0 Å². The number of ether oxygens (including phenoxy) is 2. The van der Waals surface area contributed by atoms with Gasteiger partial charge in [0.15, 0.2) is 22.7 Å². The number of nitrogens with one attached hydrogen (secondary N) is 2. The van der Waals surface area contributed by atoms with E-state index >= 15 is 0 Å². The maximum atomic E-state index is 13.7. The van der Waals surface area contributed by atoms with E-state index in [0.717, 1.165) is 36.8 Å². The number of benzene rings is 4. The molecule has 6 aromatic rings. The molecule has 0 aliphatic rings. The lowest BCUT2D eigenvalue weighted by Gasteiger charge is -2.17. The van der Waals surface area contributed by atoms with Crippen molar-refractivity contribution in [3.8, 4) is 17.2 Å². The summed E-state index contributed by atoms with van der Waals surface area (Å²) in [6, 6.07) is 26.9. The molecule has 0 bridgehead atoms. The second-order valence-electron chi connectivity index (χ2n) is 11.7. The first kappa shape index (κ1) is 33.7. The third-order valence-corrected chi connectivity index (χ3v) is 8.14. The molecule has 0 saturated heterocycles. The zero-order valence-electron chi connectivity index (χ0n) is 28.0. The van der Waals surface area contributed by atoms with Crippen molar-refractivity contribution in [1.29, 1.82) is 0 Å². The van der Waals surface area contributed by atoms with Crippen molar-refractivity contribution in [3.63, 3.8) is 0 Å². The smallest absolute Gasteiger partial charge is 0.291 e. The van der Waals surface area contributed by atoms with Gasteiger partial charge in [-0.05, 0) is 74.0 Å². The van der Waals surface area contributed by atoms with Gasteiger partial charge in [-0.3, -0.25) is 14.4 Å². The Morgan fingerprint density at radius 2 is 1.66 bits per heavy atom. The molecule has 0 atom stereocenters. The van der Waals surface area contributed by atoms with Crippen LogP contribution < -0.4 is 25.5 Å². The molecule has 6 rings (SSSR count). The number of fused-ring (bicyclic) bond motifs is 1. The third-order valence-electron chi connectivity index (χ3n) is 8.14. The average Bonchev–Trinajstić information content (AvgIpc) is 3.67. The lowest BCUT2D eigenvalue weighted by Crippen LogP contribution is -2.21. The highest BCUT2D eigenvalue weighted by molar-refractivity contribution is 6.12. The first-order chi connectivity index (χ1) is 24.3. The zero-order chi connectivity index (χ0) is 35.0. The van der Waals surface area contributed by atoms with E-state index in [-0.39, 0.29) is 28.0 Å². The van der Waals surface area contributed by atoms with Gasteiger partial charge in [0, 0.05) is 49.0 Å². The predicted molar refractivity (Wildman–Crippen MR) is 193 cm³/mol. The van der Waals surface area contributed by atoms with Gasteiger partial charge in [0.1, 0.15) is 5.58 Å². The minimum absolute atomic E-state index is 0.134. The van der Waals surface area contributed by atoms with Crippen molar-refractivity contribution in [2.75, 3.05) is 37.9 Å². The Labute approximate surface area is 289 Å². The number of likely N-dealkylation sites (N-methyl/N-ethyl adjacent to an activating group) is 1. The number of hydrogen-bond acceptors (Lipinski definition) is 8. The fraction of sp³-hybridized carbons (Fsp3) is 0.179. The van der Waals surface area contributed by atoms with Crippen molar-refractivity contribution < 1.29 is 23.5 Å². The maximum Gasteiger partial charge on any atom is 0.291 e. The summed E-state index contributed by atoms with van der Waals surface area (Å²) in [5.41, 5.74) is 4.20. The molecule has 11 heteroatoms. The van der Waals surface area contributed by atoms with Gasteiger partial charge in [-0.25, -0.2) is 4.98 Å². The molecule has 0 unspecified atom stereocenters. The first-order valence-electron chi connectivity index (χ1n) is 16.2. The number of imidazole rings is 1. The van der Waals surface area contributed by atoms with E-state index in [9.17, 15) is 14.4 Å². The first-order valence-corrected chi connectivity index (χ1v) is 16.2. The SMILES string of the molecule is CCOc1cc(C(=O)Nc2ccc(CCN(C)Cc3ccc(-n4ccnc4)cc3)cc2)c(NC(=O)c2cc(=O)c3ccccc3o2)cc1OC. The third kappa shape index (κ3) is 7.91. The van der Waals surface area contributed by atoms with Crippen molar-refractivity contribution in [3.05, 3.63) is 142 Å². The Bertz CT molecular complexity index is 2160. The number of anilines is 2. The van der Waals surface area contributed by atoms with E-state index in [0.29, 0.717) is 29.2 Å². The van der Waals surface area contributed by atoms with Gasteiger partial charge in [0.05, 0.1) is 36.7 Å². The summed E-state index contributed by atoms with van der Waals surface area (Å²) in [5, 5.41) is 5.99. The van der Waals surface area contributed by atoms with Crippen molar-refractivity contribution in [2.24, 2.45) is 0 Å². The second-order valence-corrected chi connectivity index (χ2v) is 11.7. The van der Waals surface area contributed by atoms with E-state index < -0.39 is 11.8 Å². The molecule has 4 aromatic carbocycles. The summed E-state index contributed by atoms with van der Waals surface area (Å²) in [4.78, 5) is 46.0. The van der Waals surface area contributed by atoms with Crippen LogP contribution in [0.3, 0.4) is 0 Å². The molecule has 0 radical (unpaired) electrons. The lowest BCUT2D eigenvalue weighted by atomic mass is 10.1. The van der Waals surface area contributed by atoms with Crippen LogP contribution in [0.5, 0.6) is 11.5 Å². The van der Waals surface area contributed by atoms with Gasteiger partial charge < -0.3 is 34.0 Å². The maximum absolute atomic E-state index is 13.7. The summed E-state index contributed by atoms with van der Waals surface area (Å²) in [6.07, 6.45) is 6.29. The van der Waals surface area contributed by atoms with Crippen LogP contribution in [0, 0.1) is 0 Å². The molecule has 2 heterocycles. The van der Waals surface area contributed by atoms with Gasteiger partial charge in [0.2, 0.25) is 0 Å². The molecule has 50 heavy (non-hydrogen) atoms. The Hall–Kier alpha value is -6.20. The van der Waals surface area contributed by atoms with Gasteiger partial charge in [-0.2, -0.15) is 0 Å². The second kappa shape index (κ2) is 15.3. The van der Waals surface area contributed by atoms with Crippen LogP contribution >= 0.6 is 0 Å². The van der Waals surface area contributed by atoms with Crippen LogP contribution in [0.25, 0.3) is 16.7 Å². The van der Waals surface area contributed by atoms with Gasteiger partial charge in [-0.1, -0.05) is 36.4 Å². The number of aromatic nitrogens is 2. The van der Waals surface area contributed by atoms with Crippen LogP contribution in [0.2, 0.25) is 0 Å². The lowest BCUT2D eigenvalue weighted by molar-refractivity contribution is 0.0997. The normalized spacial score (nSPS) is 11.0. The summed E-state index contributed by atoms with van der Waals surface area (Å²) in [6.45, 7) is 3.81. The van der Waals surface area contributed by atoms with E-state index in [4.69, 9.17) is 13.9 Å². The van der Waals surface area contributed by atoms with E-state index in [1.165, 1.54) is 24.8 Å². The van der Waals surface area contributed by atoms with E-state index in [1.54, 1.807) is 36.8 Å².